The van der Waals surface area contributed by atoms with E-state index >= 15 is 0 Å². The summed E-state index contributed by atoms with van der Waals surface area (Å²) in [5, 5.41) is 13.2. The van der Waals surface area contributed by atoms with Crippen LogP contribution in [0.1, 0.15) is 46.5 Å². The monoisotopic (exact) mass is 216 g/mol. The molecule has 0 amide bonds. The molecule has 0 aliphatic carbocycles. The van der Waals surface area contributed by atoms with Gasteiger partial charge in [0, 0.05) is 12.1 Å². The van der Waals surface area contributed by atoms with Gasteiger partial charge in [0.15, 0.2) is 0 Å². The summed E-state index contributed by atoms with van der Waals surface area (Å²) in [6.07, 6.45) is 3.89. The van der Waals surface area contributed by atoms with E-state index < -0.39 is 0 Å². The van der Waals surface area contributed by atoms with Crippen LogP contribution in [-0.4, -0.2) is 30.3 Å². The minimum Gasteiger partial charge on any atom is -0.391 e. The zero-order valence-corrected chi connectivity index (χ0v) is 10.7. The Balaban J connectivity index is 3.90. The zero-order chi connectivity index (χ0) is 11.8. The first-order chi connectivity index (χ1) is 7.02. The topological polar surface area (TPSA) is 58.3 Å². The largest absolute Gasteiger partial charge is 0.391 e. The van der Waals surface area contributed by atoms with Crippen LogP contribution in [-0.2, 0) is 0 Å². The van der Waals surface area contributed by atoms with Crippen LogP contribution in [0.15, 0.2) is 0 Å². The third-order valence-electron chi connectivity index (χ3n) is 3.18. The lowest BCUT2D eigenvalue weighted by Gasteiger charge is -2.27. The summed E-state index contributed by atoms with van der Waals surface area (Å²) in [4.78, 5) is 0. The van der Waals surface area contributed by atoms with Crippen molar-refractivity contribution in [3.63, 3.8) is 0 Å². The number of nitrogens with two attached hydrogens (primary N) is 1. The summed E-state index contributed by atoms with van der Waals surface area (Å²) < 4.78 is 0. The predicted molar refractivity (Wildman–Crippen MR) is 65.8 cm³/mol. The molecule has 0 spiro atoms. The summed E-state index contributed by atoms with van der Waals surface area (Å²) in [6.45, 7) is 6.24. The van der Waals surface area contributed by atoms with E-state index in [4.69, 9.17) is 5.73 Å². The van der Waals surface area contributed by atoms with Gasteiger partial charge in [0.2, 0.25) is 0 Å². The fourth-order valence-electron chi connectivity index (χ4n) is 1.78. The van der Waals surface area contributed by atoms with E-state index in [1.165, 1.54) is 0 Å². The van der Waals surface area contributed by atoms with E-state index in [-0.39, 0.29) is 18.2 Å². The quantitative estimate of drug-likeness (QED) is 0.576. The van der Waals surface area contributed by atoms with Crippen LogP contribution in [0.3, 0.4) is 0 Å². The van der Waals surface area contributed by atoms with E-state index in [9.17, 15) is 5.11 Å². The highest BCUT2D eigenvalue weighted by atomic mass is 16.3. The molecule has 0 fully saturated rings. The van der Waals surface area contributed by atoms with Crippen molar-refractivity contribution in [1.82, 2.24) is 5.32 Å². The van der Waals surface area contributed by atoms with Crippen LogP contribution < -0.4 is 11.1 Å². The van der Waals surface area contributed by atoms with Gasteiger partial charge in [-0.15, -0.1) is 0 Å². The van der Waals surface area contributed by atoms with Crippen LogP contribution in [0.5, 0.6) is 0 Å². The first-order valence-corrected chi connectivity index (χ1v) is 6.13. The molecule has 0 aromatic heterocycles. The van der Waals surface area contributed by atoms with Crippen molar-refractivity contribution in [2.45, 2.75) is 64.6 Å². The number of aliphatic hydroxyl groups excluding tert-OH is 1. The highest BCUT2D eigenvalue weighted by Gasteiger charge is 2.21. The molecule has 0 aliphatic rings. The van der Waals surface area contributed by atoms with Gasteiger partial charge in [-0.2, -0.15) is 0 Å². The summed E-state index contributed by atoms with van der Waals surface area (Å²) in [6, 6.07) is 0.474. The molecular weight excluding hydrogens is 188 g/mol. The van der Waals surface area contributed by atoms with Crippen molar-refractivity contribution in [3.8, 4) is 0 Å². The Morgan fingerprint density at radius 1 is 1.27 bits per heavy atom. The molecule has 0 aliphatic heterocycles. The average molecular weight is 216 g/mol. The molecule has 4 N–H and O–H groups in total. The molecule has 92 valence electrons. The molecule has 2 unspecified atom stereocenters. The average Bonchev–Trinajstić information content (AvgIpc) is 2.22. The highest BCUT2D eigenvalue weighted by molar-refractivity contribution is 4.78. The Morgan fingerprint density at radius 3 is 2.27 bits per heavy atom. The van der Waals surface area contributed by atoms with Crippen molar-refractivity contribution in [2.24, 2.45) is 11.7 Å². The van der Waals surface area contributed by atoms with Gasteiger partial charge in [0.25, 0.3) is 0 Å². The molecular formula is C12H28N2O. The molecule has 0 radical (unpaired) electrons. The van der Waals surface area contributed by atoms with E-state index in [0.29, 0.717) is 5.92 Å². The predicted octanol–water partition coefficient (Wildman–Crippen LogP) is 1.50. The van der Waals surface area contributed by atoms with Crippen LogP contribution in [0, 0.1) is 5.92 Å². The summed E-state index contributed by atoms with van der Waals surface area (Å²) >= 11 is 0. The smallest absolute Gasteiger partial charge is 0.0718 e. The van der Waals surface area contributed by atoms with Gasteiger partial charge in [0.05, 0.1) is 6.10 Å². The van der Waals surface area contributed by atoms with Gasteiger partial charge >= 0.3 is 0 Å². The van der Waals surface area contributed by atoms with Crippen LogP contribution >= 0.6 is 0 Å². The molecule has 0 saturated heterocycles. The molecule has 0 saturated carbocycles. The van der Waals surface area contributed by atoms with Crippen LogP contribution in [0.2, 0.25) is 0 Å². The van der Waals surface area contributed by atoms with E-state index in [1.807, 2.05) is 14.0 Å². The Hall–Kier alpha value is -0.120. The van der Waals surface area contributed by atoms with Crippen molar-refractivity contribution in [3.05, 3.63) is 0 Å². The van der Waals surface area contributed by atoms with Gasteiger partial charge in [-0.1, -0.05) is 26.7 Å². The molecule has 4 atom stereocenters. The lowest BCUT2D eigenvalue weighted by atomic mass is 9.92. The van der Waals surface area contributed by atoms with Gasteiger partial charge in [-0.25, -0.2) is 0 Å². The molecule has 3 nitrogen and oxygen atoms in total. The Labute approximate surface area is 94.4 Å². The lowest BCUT2D eigenvalue weighted by Crippen LogP contribution is -2.41. The van der Waals surface area contributed by atoms with Crippen molar-refractivity contribution in [2.75, 3.05) is 7.05 Å². The molecule has 0 aromatic rings. The highest BCUT2D eigenvalue weighted by Crippen LogP contribution is 2.15. The Kier molecular flexibility index (Phi) is 8.02. The fraction of sp³-hybridized carbons (Fsp3) is 1.00. The van der Waals surface area contributed by atoms with Crippen LogP contribution in [0.25, 0.3) is 0 Å². The van der Waals surface area contributed by atoms with Gasteiger partial charge in [-0.3, -0.25) is 0 Å². The number of hydrogen-bond donors (Lipinski definition) is 3. The minimum atomic E-state index is -0.243. The summed E-state index contributed by atoms with van der Waals surface area (Å²) in [5.41, 5.74) is 5.70. The Morgan fingerprint density at radius 2 is 1.87 bits per heavy atom. The number of likely N-dealkylation sites (N-methyl/N-ethyl adjacent to an activating group) is 1. The fourth-order valence-corrected chi connectivity index (χ4v) is 1.78. The third-order valence-corrected chi connectivity index (χ3v) is 3.18. The van der Waals surface area contributed by atoms with Gasteiger partial charge in [-0.05, 0) is 32.7 Å². The molecule has 0 bridgehead atoms. The molecule has 3 heteroatoms. The number of rotatable bonds is 8. The number of hydrogen-bond acceptors (Lipinski definition) is 3. The second-order valence-corrected chi connectivity index (χ2v) is 4.68. The van der Waals surface area contributed by atoms with E-state index in [1.54, 1.807) is 0 Å². The van der Waals surface area contributed by atoms with E-state index in [0.717, 1.165) is 25.7 Å². The molecule has 0 aromatic carbocycles. The molecule has 15 heavy (non-hydrogen) atoms. The second kappa shape index (κ2) is 8.08. The SMILES string of the molecule is CC[C@@H](C)C(O)C(CCC[C@H](C)N)NC. The van der Waals surface area contributed by atoms with Crippen molar-refractivity contribution in [1.29, 1.82) is 0 Å². The number of nitrogens with one attached hydrogen (secondary N) is 1. The summed E-state index contributed by atoms with van der Waals surface area (Å²) in [5.74, 6) is 0.359. The van der Waals surface area contributed by atoms with Crippen LogP contribution in [0.4, 0.5) is 0 Å². The van der Waals surface area contributed by atoms with Gasteiger partial charge < -0.3 is 16.2 Å². The lowest BCUT2D eigenvalue weighted by molar-refractivity contribution is 0.0725. The third kappa shape index (κ3) is 6.13. The standard InChI is InChI=1S/C12H28N2O/c1-5-9(2)12(15)11(14-4)8-6-7-10(3)13/h9-12,14-15H,5-8,13H2,1-4H3/t9-,10+,11?,12?/m1/s1. The maximum absolute atomic E-state index is 10.0. The first-order valence-electron chi connectivity index (χ1n) is 6.13. The Bertz CT molecular complexity index is 151. The summed E-state index contributed by atoms with van der Waals surface area (Å²) in [7, 11) is 1.92. The van der Waals surface area contributed by atoms with Crippen molar-refractivity contribution < 1.29 is 5.11 Å². The first kappa shape index (κ1) is 14.9. The maximum Gasteiger partial charge on any atom is 0.0718 e. The second-order valence-electron chi connectivity index (χ2n) is 4.68. The number of aliphatic hydroxyl groups is 1. The maximum atomic E-state index is 10.0. The minimum absolute atomic E-state index is 0.207. The van der Waals surface area contributed by atoms with Crippen molar-refractivity contribution >= 4 is 0 Å². The molecule has 0 rings (SSSR count). The van der Waals surface area contributed by atoms with Gasteiger partial charge in [0.1, 0.15) is 0 Å². The normalized spacial score (nSPS) is 19.6. The molecule has 0 heterocycles. The van der Waals surface area contributed by atoms with E-state index in [2.05, 4.69) is 19.2 Å². The zero-order valence-electron chi connectivity index (χ0n) is 10.7.